The Morgan fingerprint density at radius 1 is 1.06 bits per heavy atom. The van der Waals surface area contributed by atoms with Crippen molar-refractivity contribution in [2.45, 2.75) is 55.9 Å². The number of rotatable bonds is 9. The average Bonchev–Trinajstić information content (AvgIpc) is 2.74. The van der Waals surface area contributed by atoms with Gasteiger partial charge in [0.2, 0.25) is 0 Å². The van der Waals surface area contributed by atoms with Gasteiger partial charge in [-0.15, -0.1) is 0 Å². The number of aliphatic hydroxyl groups is 1. The first-order chi connectivity index (χ1) is 15.1. The molecule has 2 aromatic carbocycles. The van der Waals surface area contributed by atoms with Crippen molar-refractivity contribution in [1.29, 1.82) is 0 Å². The van der Waals surface area contributed by atoms with E-state index < -0.39 is 21.7 Å². The van der Waals surface area contributed by atoms with Gasteiger partial charge in [-0.25, -0.2) is 4.79 Å². The molecule has 0 fully saturated rings. The molecular weight excluding hydrogens is 448 g/mol. The molecular formula is C24H28O6S2. The summed E-state index contributed by atoms with van der Waals surface area (Å²) in [6, 6.07) is 16.9. The summed E-state index contributed by atoms with van der Waals surface area (Å²) in [5, 5.41) is 10.9. The summed E-state index contributed by atoms with van der Waals surface area (Å²) in [6.45, 7) is 4.14. The van der Waals surface area contributed by atoms with E-state index in [4.69, 9.17) is 9.29 Å². The lowest BCUT2D eigenvalue weighted by Gasteiger charge is -2.37. The van der Waals surface area contributed by atoms with E-state index in [-0.39, 0.29) is 35.2 Å². The molecule has 0 aliphatic carbocycles. The number of hydrogen-bond acceptors (Lipinski definition) is 6. The van der Waals surface area contributed by atoms with Crippen LogP contribution in [0.5, 0.6) is 0 Å². The van der Waals surface area contributed by atoms with Gasteiger partial charge in [-0.05, 0) is 42.4 Å². The summed E-state index contributed by atoms with van der Waals surface area (Å²) in [7, 11) is -4.06. The molecule has 1 aliphatic rings. The van der Waals surface area contributed by atoms with Gasteiger partial charge in [0, 0.05) is 4.90 Å². The van der Waals surface area contributed by atoms with Gasteiger partial charge in [0.1, 0.15) is 16.3 Å². The van der Waals surface area contributed by atoms with Crippen molar-refractivity contribution in [2.24, 2.45) is 0 Å². The maximum absolute atomic E-state index is 13.1. The molecule has 0 aromatic heterocycles. The van der Waals surface area contributed by atoms with Crippen LogP contribution in [0.25, 0.3) is 0 Å². The third kappa shape index (κ3) is 5.94. The molecule has 172 valence electrons. The Hall–Kier alpha value is -2.29. The monoisotopic (exact) mass is 476 g/mol. The molecule has 1 atom stereocenters. The molecule has 2 N–H and O–H groups in total. The maximum atomic E-state index is 13.1. The lowest BCUT2D eigenvalue weighted by molar-refractivity contribution is -0.160. The minimum atomic E-state index is -4.06. The smallest absolute Gasteiger partial charge is 0.349 e. The fraction of sp³-hybridized carbons (Fsp3) is 0.375. The molecule has 0 bridgehead atoms. The first-order valence-electron chi connectivity index (χ1n) is 10.5. The quantitative estimate of drug-likeness (QED) is 0.277. The van der Waals surface area contributed by atoms with Crippen LogP contribution < -0.4 is 0 Å². The number of thioether (sulfide) groups is 1. The van der Waals surface area contributed by atoms with E-state index in [0.717, 1.165) is 16.0 Å². The number of carbonyl (C=O) groups is 1. The van der Waals surface area contributed by atoms with Gasteiger partial charge in [-0.3, -0.25) is 4.55 Å². The number of ether oxygens (including phenoxy) is 1. The highest BCUT2D eigenvalue weighted by Gasteiger charge is 2.43. The number of aliphatic hydroxyl groups excluding tert-OH is 1. The van der Waals surface area contributed by atoms with Gasteiger partial charge in [-0.1, -0.05) is 74.1 Å². The molecule has 32 heavy (non-hydrogen) atoms. The first-order valence-corrected chi connectivity index (χ1v) is 13.0. The SMILES string of the molecule is CC(C)c1ccccc1SC1=C(O)CC(CCCCS(=O)(=O)O)(c2ccccc2)OC1=O. The second-order valence-electron chi connectivity index (χ2n) is 8.24. The fourth-order valence-electron chi connectivity index (χ4n) is 3.87. The zero-order valence-corrected chi connectivity index (χ0v) is 19.8. The van der Waals surface area contributed by atoms with Crippen molar-refractivity contribution in [3.8, 4) is 0 Å². The van der Waals surface area contributed by atoms with Crippen LogP contribution in [0.4, 0.5) is 0 Å². The Kier molecular flexibility index (Phi) is 7.69. The van der Waals surface area contributed by atoms with E-state index in [1.54, 1.807) is 0 Å². The summed E-state index contributed by atoms with van der Waals surface area (Å²) in [6.07, 6.45) is 1.04. The number of carbonyl (C=O) groups excluding carboxylic acids is 1. The molecule has 1 unspecified atom stereocenters. The highest BCUT2D eigenvalue weighted by atomic mass is 32.2. The van der Waals surface area contributed by atoms with Gasteiger partial charge >= 0.3 is 5.97 Å². The standard InChI is InChI=1S/C24H28O6S2/c1-17(2)19-12-6-7-13-21(19)31-22-20(25)16-24(30-23(22)26,18-10-4-3-5-11-18)14-8-9-15-32(27,28)29/h3-7,10-13,17,25H,8-9,14-16H2,1-2H3,(H,27,28,29). The first kappa shape index (κ1) is 24.4. The van der Waals surface area contributed by atoms with Gasteiger partial charge in [-0.2, -0.15) is 8.42 Å². The van der Waals surface area contributed by atoms with Crippen molar-refractivity contribution < 1.29 is 27.6 Å². The van der Waals surface area contributed by atoms with Crippen LogP contribution in [0.3, 0.4) is 0 Å². The van der Waals surface area contributed by atoms with E-state index in [9.17, 15) is 18.3 Å². The number of hydrogen-bond donors (Lipinski definition) is 2. The summed E-state index contributed by atoms with van der Waals surface area (Å²) in [5.41, 5.74) is 0.720. The minimum Gasteiger partial charge on any atom is -0.511 e. The van der Waals surface area contributed by atoms with Crippen molar-refractivity contribution in [2.75, 3.05) is 5.75 Å². The number of cyclic esters (lactones) is 1. The molecule has 0 radical (unpaired) electrons. The topological polar surface area (TPSA) is 101 Å². The maximum Gasteiger partial charge on any atom is 0.349 e. The van der Waals surface area contributed by atoms with Gasteiger partial charge in [0.15, 0.2) is 0 Å². The van der Waals surface area contributed by atoms with Crippen LogP contribution in [0, 0.1) is 0 Å². The molecule has 1 heterocycles. The Labute approximate surface area is 193 Å². The van der Waals surface area contributed by atoms with Crippen molar-refractivity contribution in [3.63, 3.8) is 0 Å². The highest BCUT2D eigenvalue weighted by Crippen LogP contribution is 2.46. The third-order valence-corrected chi connectivity index (χ3v) is 7.48. The largest absolute Gasteiger partial charge is 0.511 e. The summed E-state index contributed by atoms with van der Waals surface area (Å²) in [4.78, 5) is 14.1. The summed E-state index contributed by atoms with van der Waals surface area (Å²) in [5.74, 6) is -0.743. The minimum absolute atomic E-state index is 0.0385. The van der Waals surface area contributed by atoms with E-state index in [2.05, 4.69) is 13.8 Å². The van der Waals surface area contributed by atoms with Gasteiger partial charge < -0.3 is 9.84 Å². The Morgan fingerprint density at radius 3 is 2.34 bits per heavy atom. The van der Waals surface area contributed by atoms with Crippen molar-refractivity contribution in [3.05, 3.63) is 76.4 Å². The zero-order chi connectivity index (χ0) is 23.4. The zero-order valence-electron chi connectivity index (χ0n) is 18.2. The van der Waals surface area contributed by atoms with Crippen LogP contribution in [0.2, 0.25) is 0 Å². The number of unbranched alkanes of at least 4 members (excludes halogenated alkanes) is 1. The fourth-order valence-corrected chi connectivity index (χ4v) is 5.54. The molecule has 0 saturated heterocycles. The molecule has 6 nitrogen and oxygen atoms in total. The van der Waals surface area contributed by atoms with Gasteiger partial charge in [0.25, 0.3) is 10.1 Å². The lowest BCUT2D eigenvalue weighted by Crippen LogP contribution is -2.37. The molecule has 3 rings (SSSR count). The van der Waals surface area contributed by atoms with Crippen LogP contribution >= 0.6 is 11.8 Å². The van der Waals surface area contributed by atoms with Crippen LogP contribution in [-0.4, -0.2) is 29.8 Å². The molecule has 8 heteroatoms. The third-order valence-electron chi connectivity index (χ3n) is 5.47. The predicted octanol–water partition coefficient (Wildman–Crippen LogP) is 5.57. The number of benzene rings is 2. The van der Waals surface area contributed by atoms with E-state index in [1.807, 2.05) is 54.6 Å². The second-order valence-corrected chi connectivity index (χ2v) is 10.9. The normalized spacial score (nSPS) is 19.3. The van der Waals surface area contributed by atoms with Crippen LogP contribution in [-0.2, 0) is 25.3 Å². The molecule has 0 amide bonds. The summed E-state index contributed by atoms with van der Waals surface area (Å²) < 4.78 is 37.0. The molecule has 1 aliphatic heterocycles. The van der Waals surface area contributed by atoms with E-state index >= 15 is 0 Å². The Balaban J connectivity index is 1.89. The van der Waals surface area contributed by atoms with Crippen LogP contribution in [0.1, 0.15) is 56.6 Å². The molecule has 0 spiro atoms. The van der Waals surface area contributed by atoms with E-state index in [1.165, 1.54) is 11.8 Å². The van der Waals surface area contributed by atoms with Crippen molar-refractivity contribution in [1.82, 2.24) is 0 Å². The van der Waals surface area contributed by atoms with Crippen LogP contribution in [0.15, 0.2) is 70.2 Å². The van der Waals surface area contributed by atoms with Gasteiger partial charge in [0.05, 0.1) is 12.2 Å². The van der Waals surface area contributed by atoms with Crippen molar-refractivity contribution >= 4 is 27.8 Å². The predicted molar refractivity (Wildman–Crippen MR) is 125 cm³/mol. The Morgan fingerprint density at radius 2 is 1.72 bits per heavy atom. The summed E-state index contributed by atoms with van der Waals surface area (Å²) >= 11 is 1.21. The number of esters is 1. The molecule has 0 saturated carbocycles. The second kappa shape index (κ2) is 10.1. The highest BCUT2D eigenvalue weighted by molar-refractivity contribution is 8.04. The molecule has 2 aromatic rings. The lowest BCUT2D eigenvalue weighted by atomic mass is 9.83. The van der Waals surface area contributed by atoms with E-state index in [0.29, 0.717) is 12.8 Å². The average molecular weight is 477 g/mol. The Bertz CT molecular complexity index is 1090.